The molecule has 1 aliphatic heterocycles. The minimum Gasteiger partial charge on any atom is -0.480 e. The van der Waals surface area contributed by atoms with Gasteiger partial charge in [-0.2, -0.15) is 0 Å². The fourth-order valence-electron chi connectivity index (χ4n) is 2.14. The number of thioether (sulfide) groups is 1. The molecule has 0 radical (unpaired) electrons. The van der Waals surface area contributed by atoms with Gasteiger partial charge in [-0.05, 0) is 24.6 Å². The lowest BCUT2D eigenvalue weighted by molar-refractivity contribution is -0.145. The van der Waals surface area contributed by atoms with Crippen LogP contribution in [0.4, 0.5) is 0 Å². The highest BCUT2D eigenvalue weighted by molar-refractivity contribution is 8.26. The van der Waals surface area contributed by atoms with Crippen molar-refractivity contribution in [2.24, 2.45) is 7.05 Å². The van der Waals surface area contributed by atoms with Crippen LogP contribution in [0.1, 0.15) is 25.5 Å². The maximum Gasteiger partial charge on any atom is 0.326 e. The van der Waals surface area contributed by atoms with Gasteiger partial charge in [0.05, 0.1) is 4.91 Å². The third-order valence-electron chi connectivity index (χ3n) is 3.25. The molecule has 0 unspecified atom stereocenters. The summed E-state index contributed by atoms with van der Waals surface area (Å²) in [6, 6.07) is 2.87. The summed E-state index contributed by atoms with van der Waals surface area (Å²) in [6.07, 6.45) is 4.68. The number of rotatable bonds is 5. The fraction of sp³-hybridized carbons (Fsp3) is 0.357. The van der Waals surface area contributed by atoms with E-state index in [1.165, 1.54) is 4.90 Å². The summed E-state index contributed by atoms with van der Waals surface area (Å²) in [5.41, 5.74) is 0.873. The van der Waals surface area contributed by atoms with Gasteiger partial charge in [-0.15, -0.1) is 0 Å². The van der Waals surface area contributed by atoms with Crippen LogP contribution in [0.3, 0.4) is 0 Å². The highest BCUT2D eigenvalue weighted by atomic mass is 32.2. The highest BCUT2D eigenvalue weighted by Crippen LogP contribution is 2.34. The van der Waals surface area contributed by atoms with Crippen molar-refractivity contribution in [2.45, 2.75) is 25.8 Å². The van der Waals surface area contributed by atoms with E-state index in [0.717, 1.165) is 17.5 Å². The standard InChI is InChI=1S/C14H16N2O3S2/c1-3-5-10(13(18)19)16-12(17)11(21-14(16)20)8-9-6-4-7-15(9)2/h4,6-8,10H,3,5H2,1-2H3,(H,18,19)/b11-8+/t10-/m0/s1. The predicted octanol–water partition coefficient (Wildman–Crippen LogP) is 2.48. The van der Waals surface area contributed by atoms with Crippen LogP contribution in [-0.2, 0) is 16.6 Å². The maximum atomic E-state index is 12.5. The summed E-state index contributed by atoms with van der Waals surface area (Å²) < 4.78 is 2.19. The van der Waals surface area contributed by atoms with Crippen LogP contribution in [0, 0.1) is 0 Å². The summed E-state index contributed by atoms with van der Waals surface area (Å²) >= 11 is 6.34. The van der Waals surface area contributed by atoms with Crippen LogP contribution in [0.25, 0.3) is 6.08 Å². The van der Waals surface area contributed by atoms with Gasteiger partial charge >= 0.3 is 5.97 Å². The zero-order valence-corrected chi connectivity index (χ0v) is 13.4. The number of aliphatic carboxylic acids is 1. The minimum absolute atomic E-state index is 0.307. The first kappa shape index (κ1) is 15.8. The van der Waals surface area contributed by atoms with E-state index in [4.69, 9.17) is 12.2 Å². The monoisotopic (exact) mass is 324 g/mol. The molecule has 0 saturated carbocycles. The molecule has 112 valence electrons. The Kier molecular flexibility index (Phi) is 4.84. The number of carbonyl (C=O) groups is 2. The molecule has 0 aromatic carbocycles. The topological polar surface area (TPSA) is 62.5 Å². The molecule has 1 aromatic rings. The van der Waals surface area contributed by atoms with Crippen molar-refractivity contribution < 1.29 is 14.7 Å². The van der Waals surface area contributed by atoms with Gasteiger partial charge in [0.15, 0.2) is 0 Å². The number of amides is 1. The van der Waals surface area contributed by atoms with Crippen LogP contribution in [-0.4, -0.2) is 36.8 Å². The summed E-state index contributed by atoms with van der Waals surface area (Å²) in [4.78, 5) is 25.5. The lowest BCUT2D eigenvalue weighted by Gasteiger charge is -2.22. The van der Waals surface area contributed by atoms with Crippen molar-refractivity contribution >= 4 is 46.3 Å². The third-order valence-corrected chi connectivity index (χ3v) is 4.58. The second kappa shape index (κ2) is 6.44. The van der Waals surface area contributed by atoms with Crippen LogP contribution < -0.4 is 0 Å². The predicted molar refractivity (Wildman–Crippen MR) is 86.8 cm³/mol. The van der Waals surface area contributed by atoms with E-state index in [9.17, 15) is 14.7 Å². The van der Waals surface area contributed by atoms with E-state index in [1.54, 1.807) is 6.08 Å². The van der Waals surface area contributed by atoms with Crippen molar-refractivity contribution in [1.29, 1.82) is 0 Å². The van der Waals surface area contributed by atoms with Crippen LogP contribution >= 0.6 is 24.0 Å². The Labute approximate surface area is 132 Å². The molecule has 21 heavy (non-hydrogen) atoms. The quantitative estimate of drug-likeness (QED) is 0.666. The molecule has 0 aliphatic carbocycles. The average molecular weight is 324 g/mol. The van der Waals surface area contributed by atoms with Crippen molar-refractivity contribution in [3.8, 4) is 0 Å². The molecule has 2 rings (SSSR count). The molecular formula is C14H16N2O3S2. The number of hydrogen-bond acceptors (Lipinski definition) is 4. The van der Waals surface area contributed by atoms with E-state index >= 15 is 0 Å². The van der Waals surface area contributed by atoms with E-state index in [-0.39, 0.29) is 5.91 Å². The highest BCUT2D eigenvalue weighted by Gasteiger charge is 2.39. The lowest BCUT2D eigenvalue weighted by Crippen LogP contribution is -2.43. The number of aryl methyl sites for hydroxylation is 1. The first-order chi connectivity index (χ1) is 9.95. The molecule has 1 aliphatic rings. The van der Waals surface area contributed by atoms with Crippen molar-refractivity contribution in [3.63, 3.8) is 0 Å². The first-order valence-electron chi connectivity index (χ1n) is 6.57. The van der Waals surface area contributed by atoms with E-state index in [1.807, 2.05) is 36.9 Å². The Balaban J connectivity index is 2.30. The van der Waals surface area contributed by atoms with Gasteiger partial charge in [0, 0.05) is 18.9 Å². The molecule has 2 heterocycles. The molecule has 0 bridgehead atoms. The Morgan fingerprint density at radius 2 is 2.29 bits per heavy atom. The minimum atomic E-state index is -1.02. The van der Waals surface area contributed by atoms with Crippen molar-refractivity contribution in [1.82, 2.24) is 9.47 Å². The van der Waals surface area contributed by atoms with Gasteiger partial charge in [0.2, 0.25) is 0 Å². The Morgan fingerprint density at radius 3 is 2.81 bits per heavy atom. The van der Waals surface area contributed by atoms with Crippen molar-refractivity contribution in [3.05, 3.63) is 28.9 Å². The normalized spacial score (nSPS) is 18.6. The van der Waals surface area contributed by atoms with E-state index in [2.05, 4.69) is 0 Å². The number of carboxylic acids is 1. The second-order valence-corrected chi connectivity index (χ2v) is 6.41. The molecule has 1 fully saturated rings. The van der Waals surface area contributed by atoms with E-state index in [0.29, 0.717) is 22.1 Å². The van der Waals surface area contributed by atoms with Crippen LogP contribution in [0.2, 0.25) is 0 Å². The van der Waals surface area contributed by atoms with Gasteiger partial charge in [0.1, 0.15) is 10.4 Å². The number of aromatic nitrogens is 1. The Hall–Kier alpha value is -1.60. The molecule has 7 heteroatoms. The van der Waals surface area contributed by atoms with Gasteiger partial charge in [0.25, 0.3) is 5.91 Å². The third kappa shape index (κ3) is 3.19. The fourth-order valence-corrected chi connectivity index (χ4v) is 3.48. The largest absolute Gasteiger partial charge is 0.480 e. The van der Waals surface area contributed by atoms with Gasteiger partial charge < -0.3 is 9.67 Å². The summed E-state index contributed by atoms with van der Waals surface area (Å²) in [5, 5.41) is 9.30. The summed E-state index contributed by atoms with van der Waals surface area (Å²) in [6.45, 7) is 1.88. The molecule has 5 nitrogen and oxygen atoms in total. The molecule has 1 saturated heterocycles. The Bertz CT molecular complexity index is 621. The number of thiocarbonyl (C=S) groups is 1. The number of carbonyl (C=O) groups excluding carboxylic acids is 1. The SMILES string of the molecule is CCC[C@@H](C(=O)O)N1C(=O)/C(=C\c2cccn2C)SC1=S. The van der Waals surface area contributed by atoms with Crippen LogP contribution in [0.5, 0.6) is 0 Å². The lowest BCUT2D eigenvalue weighted by atomic mass is 10.1. The average Bonchev–Trinajstić information content (AvgIpc) is 2.93. The van der Waals surface area contributed by atoms with Crippen LogP contribution in [0.15, 0.2) is 23.2 Å². The smallest absolute Gasteiger partial charge is 0.326 e. The van der Waals surface area contributed by atoms with Gasteiger partial charge in [-0.25, -0.2) is 4.79 Å². The number of hydrogen-bond donors (Lipinski definition) is 1. The number of nitrogens with zero attached hydrogens (tertiary/aromatic N) is 2. The van der Waals surface area contributed by atoms with E-state index < -0.39 is 12.0 Å². The molecule has 0 spiro atoms. The van der Waals surface area contributed by atoms with Gasteiger partial charge in [-0.1, -0.05) is 37.3 Å². The maximum absolute atomic E-state index is 12.5. The molecule has 1 N–H and O–H groups in total. The molecule has 1 aromatic heterocycles. The van der Waals surface area contributed by atoms with Gasteiger partial charge in [-0.3, -0.25) is 9.69 Å². The zero-order valence-electron chi connectivity index (χ0n) is 11.8. The molecular weight excluding hydrogens is 308 g/mol. The molecule has 1 amide bonds. The first-order valence-corrected chi connectivity index (χ1v) is 7.79. The summed E-state index contributed by atoms with van der Waals surface area (Å²) in [7, 11) is 1.88. The molecule has 1 atom stereocenters. The summed E-state index contributed by atoms with van der Waals surface area (Å²) in [5.74, 6) is -1.35. The zero-order chi connectivity index (χ0) is 15.6. The second-order valence-electron chi connectivity index (χ2n) is 4.74. The Morgan fingerprint density at radius 1 is 1.57 bits per heavy atom. The van der Waals surface area contributed by atoms with Crippen molar-refractivity contribution in [2.75, 3.05) is 0 Å². The number of carboxylic acid groups (broad SMARTS) is 1.